The van der Waals surface area contributed by atoms with Gasteiger partial charge in [-0.05, 0) is 68.6 Å². The first-order valence-corrected chi connectivity index (χ1v) is 9.89. The minimum Gasteiger partial charge on any atom is -0.463 e. The largest absolute Gasteiger partial charge is 0.463 e. The Morgan fingerprint density at radius 1 is 0.923 bits per heavy atom. The first kappa shape index (κ1) is 24.5. The summed E-state index contributed by atoms with van der Waals surface area (Å²) >= 11 is 0. The van der Waals surface area contributed by atoms with Gasteiger partial charge in [-0.3, -0.25) is 14.0 Å². The maximum Gasteiger partial charge on any atom is 0.359 e. The third-order valence-electron chi connectivity index (χ3n) is 3.34. The van der Waals surface area contributed by atoms with Crippen LogP contribution in [0.3, 0.4) is 0 Å². The van der Waals surface area contributed by atoms with Gasteiger partial charge in [0, 0.05) is 6.08 Å². The molecule has 0 spiro atoms. The average Bonchev–Trinajstić information content (AvgIpc) is 2.50. The highest BCUT2D eigenvalue weighted by Gasteiger charge is 2.29. The Kier molecular flexibility index (Phi) is 10.6. The Bertz CT molecular complexity index is 583. The van der Waals surface area contributed by atoms with Gasteiger partial charge in [0.15, 0.2) is 13.2 Å². The van der Waals surface area contributed by atoms with E-state index in [1.807, 2.05) is 56.3 Å². The fourth-order valence-corrected chi connectivity index (χ4v) is 5.16. The zero-order chi connectivity index (χ0) is 20.5. The second-order valence-electron chi connectivity index (χ2n) is 5.92. The summed E-state index contributed by atoms with van der Waals surface area (Å²) in [7, 11) is 9.08. The molecule has 0 aliphatic rings. The minimum absolute atomic E-state index is 0.0187. The van der Waals surface area contributed by atoms with Crippen LogP contribution in [0.1, 0.15) is 20.8 Å². The molecule has 0 heterocycles. The number of carbonyl (C=O) groups is 2. The second-order valence-corrected chi connectivity index (χ2v) is 9.57. The molecule has 0 saturated carbocycles. The lowest BCUT2D eigenvalue weighted by molar-refractivity contribution is -0.137. The average molecular weight is 389 g/mol. The van der Waals surface area contributed by atoms with E-state index in [0.29, 0.717) is 5.57 Å². The van der Waals surface area contributed by atoms with Gasteiger partial charge < -0.3 is 9.47 Å². The van der Waals surface area contributed by atoms with Crippen molar-refractivity contribution in [3.63, 3.8) is 0 Å². The van der Waals surface area contributed by atoms with Crippen molar-refractivity contribution in [2.45, 2.75) is 20.8 Å². The fourth-order valence-electron chi connectivity index (χ4n) is 2.33. The van der Waals surface area contributed by atoms with Crippen molar-refractivity contribution in [1.29, 1.82) is 0 Å². The lowest BCUT2D eigenvalue weighted by Crippen LogP contribution is -2.30. The Labute approximate surface area is 156 Å². The van der Waals surface area contributed by atoms with E-state index in [-0.39, 0.29) is 18.9 Å². The molecule has 0 fully saturated rings. The first-order valence-electron chi connectivity index (χ1n) is 8.29. The molecule has 0 aliphatic heterocycles. The SMILES string of the molecule is CCOC(=O)/C=C(C)/C(=N\N=P(N(C)C)(N(C)C)N(C)C)C(=O)OCC. The van der Waals surface area contributed by atoms with Gasteiger partial charge in [-0.1, -0.05) is 0 Å². The Morgan fingerprint density at radius 2 is 1.38 bits per heavy atom. The van der Waals surface area contributed by atoms with Gasteiger partial charge in [0.25, 0.3) is 0 Å². The molecule has 0 bridgehead atoms. The van der Waals surface area contributed by atoms with Gasteiger partial charge in [-0.25, -0.2) is 9.59 Å². The van der Waals surface area contributed by atoms with E-state index >= 15 is 0 Å². The van der Waals surface area contributed by atoms with Crippen LogP contribution in [0.4, 0.5) is 0 Å². The van der Waals surface area contributed by atoms with Crippen LogP contribution in [0.2, 0.25) is 0 Å². The molecule has 0 aromatic carbocycles. The van der Waals surface area contributed by atoms with E-state index < -0.39 is 19.4 Å². The highest BCUT2D eigenvalue weighted by Crippen LogP contribution is 2.54. The zero-order valence-electron chi connectivity index (χ0n) is 17.3. The van der Waals surface area contributed by atoms with Crippen LogP contribution in [-0.4, -0.2) is 87.2 Å². The summed E-state index contributed by atoms with van der Waals surface area (Å²) in [5, 5.41) is 4.21. The number of nitrogens with zero attached hydrogens (tertiary/aromatic N) is 5. The molecular formula is C16H32N5O4P. The van der Waals surface area contributed by atoms with E-state index in [1.54, 1.807) is 20.8 Å². The number of esters is 2. The molecule has 0 aliphatic carbocycles. The van der Waals surface area contributed by atoms with Gasteiger partial charge in [0.2, 0.25) is 0 Å². The molecule has 0 aromatic rings. The molecule has 9 nitrogen and oxygen atoms in total. The van der Waals surface area contributed by atoms with Crippen molar-refractivity contribution >= 4 is 25.2 Å². The van der Waals surface area contributed by atoms with Crippen molar-refractivity contribution in [3.05, 3.63) is 11.6 Å². The summed E-state index contributed by atoms with van der Waals surface area (Å²) in [5.74, 6) is -1.18. The molecule has 0 saturated heterocycles. The van der Waals surface area contributed by atoms with Crippen molar-refractivity contribution in [2.75, 3.05) is 55.5 Å². The predicted octanol–water partition coefficient (Wildman–Crippen LogP) is 2.05. The number of ether oxygens (including phenoxy) is 2. The first-order chi connectivity index (χ1) is 12.0. The van der Waals surface area contributed by atoms with Gasteiger partial charge in [0.05, 0.1) is 13.2 Å². The molecule has 0 unspecified atom stereocenters. The maximum absolute atomic E-state index is 12.3. The van der Waals surface area contributed by atoms with Crippen LogP contribution < -0.4 is 0 Å². The van der Waals surface area contributed by atoms with Crippen molar-refractivity contribution in [3.8, 4) is 0 Å². The van der Waals surface area contributed by atoms with Crippen LogP contribution in [0.15, 0.2) is 21.6 Å². The van der Waals surface area contributed by atoms with Crippen LogP contribution in [-0.2, 0) is 19.1 Å². The minimum atomic E-state index is -2.32. The van der Waals surface area contributed by atoms with Crippen LogP contribution in [0, 0.1) is 0 Å². The van der Waals surface area contributed by atoms with E-state index in [0.717, 1.165) is 0 Å². The summed E-state index contributed by atoms with van der Waals surface area (Å²) in [5.41, 5.74) is 0.315. The van der Waals surface area contributed by atoms with Crippen LogP contribution >= 0.6 is 7.51 Å². The monoisotopic (exact) mass is 389 g/mol. The quantitative estimate of drug-likeness (QED) is 0.196. The Hall–Kier alpha value is -1.54. The van der Waals surface area contributed by atoms with Crippen molar-refractivity contribution in [1.82, 2.24) is 14.0 Å². The van der Waals surface area contributed by atoms with Crippen molar-refractivity contribution < 1.29 is 19.1 Å². The molecular weight excluding hydrogens is 357 g/mol. The topological polar surface area (TPSA) is 87.0 Å². The molecule has 10 heteroatoms. The molecule has 150 valence electrons. The number of hydrogen-bond donors (Lipinski definition) is 0. The summed E-state index contributed by atoms with van der Waals surface area (Å²) < 4.78 is 15.8. The highest BCUT2D eigenvalue weighted by molar-refractivity contribution is 7.58. The van der Waals surface area contributed by atoms with Gasteiger partial charge in [-0.2, -0.15) is 0 Å². The van der Waals surface area contributed by atoms with E-state index in [4.69, 9.17) is 9.47 Å². The molecule has 0 N–H and O–H groups in total. The fraction of sp³-hybridized carbons (Fsp3) is 0.688. The predicted molar refractivity (Wildman–Crippen MR) is 105 cm³/mol. The van der Waals surface area contributed by atoms with E-state index in [1.165, 1.54) is 6.08 Å². The number of rotatable bonds is 9. The zero-order valence-corrected chi connectivity index (χ0v) is 18.2. The van der Waals surface area contributed by atoms with E-state index in [2.05, 4.69) is 9.96 Å². The molecule has 0 amide bonds. The lowest BCUT2D eigenvalue weighted by Gasteiger charge is -2.39. The standard InChI is InChI=1S/C16H32N5O4P/c1-10-24-14(22)12-13(3)15(16(23)25-11-2)17-18-26(19(4)5,20(6)7)21(8)9/h12H,10-11H2,1-9H3/b13-12+,17-15+. The summed E-state index contributed by atoms with van der Waals surface area (Å²) in [6, 6.07) is 0. The molecule has 0 aromatic heterocycles. The highest BCUT2D eigenvalue weighted by atomic mass is 31.2. The van der Waals surface area contributed by atoms with Gasteiger partial charge in [-0.15, -0.1) is 9.96 Å². The third kappa shape index (κ3) is 6.32. The number of carbonyl (C=O) groups excluding carboxylic acids is 2. The Morgan fingerprint density at radius 3 is 1.77 bits per heavy atom. The number of hydrogen-bond acceptors (Lipinski definition) is 5. The summed E-state index contributed by atoms with van der Waals surface area (Å²) in [6.45, 7) is 5.45. The Balaban J connectivity index is 6.34. The summed E-state index contributed by atoms with van der Waals surface area (Å²) in [4.78, 5) is 28.5. The van der Waals surface area contributed by atoms with Crippen LogP contribution in [0.25, 0.3) is 0 Å². The second kappa shape index (κ2) is 11.2. The molecule has 0 radical (unpaired) electrons. The molecule has 0 rings (SSSR count). The van der Waals surface area contributed by atoms with Crippen LogP contribution in [0.5, 0.6) is 0 Å². The van der Waals surface area contributed by atoms with Gasteiger partial charge in [0.1, 0.15) is 0 Å². The smallest absolute Gasteiger partial charge is 0.359 e. The molecule has 26 heavy (non-hydrogen) atoms. The molecule has 0 atom stereocenters. The maximum atomic E-state index is 12.3. The lowest BCUT2D eigenvalue weighted by atomic mass is 10.2. The van der Waals surface area contributed by atoms with Gasteiger partial charge >= 0.3 is 11.9 Å². The van der Waals surface area contributed by atoms with E-state index in [9.17, 15) is 9.59 Å². The van der Waals surface area contributed by atoms with Crippen molar-refractivity contribution in [2.24, 2.45) is 9.96 Å². The third-order valence-corrected chi connectivity index (χ3v) is 6.89. The summed E-state index contributed by atoms with van der Waals surface area (Å²) in [6.07, 6.45) is 1.22. The normalized spacial score (nSPS) is 13.4.